The average molecular weight is 544 g/mol. The second-order valence-corrected chi connectivity index (χ2v) is 11.1. The van der Waals surface area contributed by atoms with E-state index in [9.17, 15) is 36.0 Å². The van der Waals surface area contributed by atoms with Crippen molar-refractivity contribution in [2.24, 2.45) is 17.8 Å². The third kappa shape index (κ3) is 5.14. The normalized spacial score (nSPS) is 22.5. The maximum atomic E-state index is 12.9. The molecule has 1 heterocycles. The van der Waals surface area contributed by atoms with Gasteiger partial charge in [-0.2, -0.15) is 21.6 Å². The molecule has 1 saturated carbocycles. The van der Waals surface area contributed by atoms with Crippen LogP contribution >= 0.6 is 0 Å². The molecule has 9 nitrogen and oxygen atoms in total. The minimum absolute atomic E-state index is 0.0449. The summed E-state index contributed by atoms with van der Waals surface area (Å²) in [5.74, 6) is -2.29. The van der Waals surface area contributed by atoms with E-state index in [1.807, 2.05) is 13.8 Å². The molecule has 0 aromatic heterocycles. The number of nitrogens with zero attached hydrogens (tertiary/aromatic N) is 1. The highest BCUT2D eigenvalue weighted by Crippen LogP contribution is 2.37. The minimum Gasteiger partial charge on any atom is -0.430 e. The number of halogens is 3. The van der Waals surface area contributed by atoms with Crippen LogP contribution in [0, 0.1) is 17.8 Å². The van der Waals surface area contributed by atoms with E-state index in [1.54, 1.807) is 0 Å². The largest absolute Gasteiger partial charge is 0.525 e. The lowest BCUT2D eigenvalue weighted by Gasteiger charge is -2.36. The number of rotatable bonds is 5. The van der Waals surface area contributed by atoms with Crippen LogP contribution in [0.1, 0.15) is 60.7 Å². The zero-order chi connectivity index (χ0) is 27.3. The molecule has 0 radical (unpaired) electrons. The number of ether oxygens (including phenoxy) is 2. The first-order valence-electron chi connectivity index (χ1n) is 11.5. The van der Waals surface area contributed by atoms with Crippen molar-refractivity contribution in [3.05, 3.63) is 41.5 Å². The highest BCUT2D eigenvalue weighted by molar-refractivity contribution is 7.87. The molecular formula is C24H24F3NO8S. The van der Waals surface area contributed by atoms with E-state index < -0.39 is 38.7 Å². The summed E-state index contributed by atoms with van der Waals surface area (Å²) in [6.07, 6.45) is 1.15. The Morgan fingerprint density at radius 3 is 2.41 bits per heavy atom. The zero-order valence-electron chi connectivity index (χ0n) is 20.1. The van der Waals surface area contributed by atoms with Crippen molar-refractivity contribution in [3.63, 3.8) is 0 Å². The maximum Gasteiger partial charge on any atom is 0.525 e. The van der Waals surface area contributed by atoms with Gasteiger partial charge in [0.2, 0.25) is 0 Å². The van der Waals surface area contributed by atoms with Gasteiger partial charge in [-0.05, 0) is 54.2 Å². The van der Waals surface area contributed by atoms with E-state index >= 15 is 0 Å². The molecule has 0 bridgehead atoms. The third-order valence-corrected chi connectivity index (χ3v) is 7.56. The number of carbonyl (C=O) groups is 3. The van der Waals surface area contributed by atoms with Crippen LogP contribution in [0.15, 0.2) is 30.3 Å². The standard InChI is InChI=1S/C24H24F3NO8S/c1-12(2)16-8-7-13(3)9-19(16)35-23(31)34-15-10-14-5-4-6-17-20(14)18(11-15)22(30)28(21(17)29)36-37(32,33)24(25,26)27/h4-6,10-13,16,19H,7-9H2,1-3H3/t13-,16+,19-/m1/s1. The fourth-order valence-electron chi connectivity index (χ4n) is 4.82. The van der Waals surface area contributed by atoms with Gasteiger partial charge in [-0.1, -0.05) is 39.3 Å². The molecule has 2 aliphatic rings. The van der Waals surface area contributed by atoms with Crippen molar-refractivity contribution in [1.82, 2.24) is 5.06 Å². The predicted molar refractivity (Wildman–Crippen MR) is 123 cm³/mol. The van der Waals surface area contributed by atoms with Crippen molar-refractivity contribution >= 4 is 38.9 Å². The third-order valence-electron chi connectivity index (χ3n) is 6.65. The molecule has 1 aliphatic carbocycles. The van der Waals surface area contributed by atoms with Crippen LogP contribution in [0.2, 0.25) is 0 Å². The lowest BCUT2D eigenvalue weighted by atomic mass is 9.75. The number of imide groups is 1. The summed E-state index contributed by atoms with van der Waals surface area (Å²) in [5, 5.41) is -0.175. The van der Waals surface area contributed by atoms with Gasteiger partial charge in [-0.15, -0.1) is 9.35 Å². The van der Waals surface area contributed by atoms with Crippen molar-refractivity contribution in [2.45, 2.75) is 51.6 Å². The maximum absolute atomic E-state index is 12.9. The van der Waals surface area contributed by atoms with Crippen LogP contribution in [0.3, 0.4) is 0 Å². The van der Waals surface area contributed by atoms with Gasteiger partial charge < -0.3 is 9.47 Å². The molecule has 2 aromatic rings. The molecule has 13 heteroatoms. The summed E-state index contributed by atoms with van der Waals surface area (Å²) < 4.78 is 76.2. The summed E-state index contributed by atoms with van der Waals surface area (Å²) in [7, 11) is -6.32. The molecule has 1 aliphatic heterocycles. The Bertz CT molecular complexity index is 1370. The highest BCUT2D eigenvalue weighted by Gasteiger charge is 2.51. The molecule has 1 fully saturated rings. The van der Waals surface area contributed by atoms with Crippen LogP contribution in [0.5, 0.6) is 5.75 Å². The van der Waals surface area contributed by atoms with Crippen LogP contribution in [-0.2, 0) is 19.1 Å². The van der Waals surface area contributed by atoms with Gasteiger partial charge in [0.05, 0.1) is 11.1 Å². The van der Waals surface area contributed by atoms with Gasteiger partial charge in [-0.3, -0.25) is 9.59 Å². The van der Waals surface area contributed by atoms with E-state index in [0.717, 1.165) is 18.9 Å². The number of amides is 2. The zero-order valence-corrected chi connectivity index (χ0v) is 20.9. The fraction of sp³-hybridized carbons (Fsp3) is 0.458. The lowest BCUT2D eigenvalue weighted by molar-refractivity contribution is -0.0761. The first-order chi connectivity index (χ1) is 17.2. The van der Waals surface area contributed by atoms with Gasteiger partial charge in [0.1, 0.15) is 11.9 Å². The smallest absolute Gasteiger partial charge is 0.430 e. The Balaban J connectivity index is 1.64. The lowest BCUT2D eigenvalue weighted by Crippen LogP contribution is -2.44. The van der Waals surface area contributed by atoms with E-state index in [-0.39, 0.29) is 45.6 Å². The Morgan fingerprint density at radius 1 is 1.08 bits per heavy atom. The van der Waals surface area contributed by atoms with Crippen molar-refractivity contribution in [3.8, 4) is 5.75 Å². The molecule has 4 rings (SSSR count). The molecule has 2 aromatic carbocycles. The van der Waals surface area contributed by atoms with Gasteiger partial charge in [0, 0.05) is 5.39 Å². The monoisotopic (exact) mass is 543 g/mol. The minimum atomic E-state index is -6.32. The number of hydrogen-bond acceptors (Lipinski definition) is 8. The molecule has 37 heavy (non-hydrogen) atoms. The second-order valence-electron chi connectivity index (χ2n) is 9.59. The summed E-state index contributed by atoms with van der Waals surface area (Å²) >= 11 is 0. The summed E-state index contributed by atoms with van der Waals surface area (Å²) in [6, 6.07) is 6.42. The van der Waals surface area contributed by atoms with Crippen LogP contribution in [0.4, 0.5) is 18.0 Å². The molecule has 0 saturated heterocycles. The number of alkyl halides is 3. The quantitative estimate of drug-likeness (QED) is 0.219. The molecule has 3 atom stereocenters. The molecule has 2 amide bonds. The van der Waals surface area contributed by atoms with Crippen LogP contribution in [-0.4, -0.2) is 43.1 Å². The topological polar surface area (TPSA) is 116 Å². The van der Waals surface area contributed by atoms with Crippen molar-refractivity contribution in [1.29, 1.82) is 0 Å². The summed E-state index contributed by atoms with van der Waals surface area (Å²) in [4.78, 5) is 38.2. The number of hydroxylamine groups is 2. The first kappa shape index (κ1) is 26.9. The first-order valence-corrected chi connectivity index (χ1v) is 12.9. The molecule has 0 N–H and O–H groups in total. The number of benzene rings is 2. The summed E-state index contributed by atoms with van der Waals surface area (Å²) in [6.45, 7) is 6.13. The average Bonchev–Trinajstić information content (AvgIpc) is 2.79. The molecular weight excluding hydrogens is 519 g/mol. The van der Waals surface area contributed by atoms with E-state index in [0.29, 0.717) is 12.3 Å². The SMILES string of the molecule is CC(C)[C@@H]1CC[C@@H](C)C[C@H]1OC(=O)Oc1cc2c3c(cccc3c1)C(=O)N(OS(=O)(=O)C(F)(F)F)C2=O. The van der Waals surface area contributed by atoms with Gasteiger partial charge in [-0.25, -0.2) is 4.79 Å². The molecule has 200 valence electrons. The predicted octanol–water partition coefficient (Wildman–Crippen LogP) is 5.19. The Kier molecular flexibility index (Phi) is 6.97. The Hall–Kier alpha value is -3.19. The highest BCUT2D eigenvalue weighted by atomic mass is 32.2. The number of carbonyl (C=O) groups excluding carboxylic acids is 3. The van der Waals surface area contributed by atoms with Gasteiger partial charge in [0.15, 0.2) is 0 Å². The summed E-state index contributed by atoms with van der Waals surface area (Å²) in [5.41, 5.74) is -6.53. The molecule has 0 unspecified atom stereocenters. The second kappa shape index (κ2) is 9.60. The van der Waals surface area contributed by atoms with Crippen molar-refractivity contribution in [2.75, 3.05) is 0 Å². The van der Waals surface area contributed by atoms with Crippen molar-refractivity contribution < 1.29 is 49.7 Å². The van der Waals surface area contributed by atoms with Crippen LogP contribution in [0.25, 0.3) is 10.8 Å². The van der Waals surface area contributed by atoms with E-state index in [1.165, 1.54) is 24.3 Å². The Morgan fingerprint density at radius 2 is 1.76 bits per heavy atom. The Labute approximate surface area is 210 Å². The van der Waals surface area contributed by atoms with Gasteiger partial charge >= 0.3 is 21.8 Å². The fourth-order valence-corrected chi connectivity index (χ4v) is 5.24. The number of hydrogen-bond donors (Lipinski definition) is 0. The van der Waals surface area contributed by atoms with Gasteiger partial charge in [0.25, 0.3) is 11.8 Å². The van der Waals surface area contributed by atoms with Crippen LogP contribution < -0.4 is 4.74 Å². The van der Waals surface area contributed by atoms with E-state index in [4.69, 9.17) is 9.47 Å². The van der Waals surface area contributed by atoms with E-state index in [2.05, 4.69) is 11.2 Å². The molecule has 0 spiro atoms.